The monoisotopic (exact) mass is 480 g/mol. The largest absolute Gasteiger partial charge is 1.00 e. The first-order valence-corrected chi connectivity index (χ1v) is 13.8. The molecule has 6 nitrogen and oxygen atoms in total. The van der Waals surface area contributed by atoms with Crippen LogP contribution in [0.15, 0.2) is 0 Å². The maximum atomic E-state index is 11.3. The zero-order chi connectivity index (χ0) is 22.6. The van der Waals surface area contributed by atoms with E-state index in [-0.39, 0.29) is 59.2 Å². The van der Waals surface area contributed by atoms with Crippen LogP contribution in [0.3, 0.4) is 0 Å². The van der Waals surface area contributed by atoms with Crippen LogP contribution in [0.1, 0.15) is 85.0 Å². The predicted molar refractivity (Wildman–Crippen MR) is 117 cm³/mol. The number of aliphatic hydroxyl groups is 2. The molecule has 32 heavy (non-hydrogen) atoms. The van der Waals surface area contributed by atoms with Crippen molar-refractivity contribution in [2.75, 3.05) is 6.61 Å². The molecule has 10 atom stereocenters. The number of fused-ring (bicyclic) bond motifs is 5. The maximum absolute atomic E-state index is 11.3. The van der Waals surface area contributed by atoms with E-state index in [1.54, 1.807) is 0 Å². The van der Waals surface area contributed by atoms with Crippen LogP contribution in [0.4, 0.5) is 0 Å². The maximum Gasteiger partial charge on any atom is 1.00 e. The van der Waals surface area contributed by atoms with Gasteiger partial charge in [0.1, 0.15) is 0 Å². The van der Waals surface area contributed by atoms with Crippen molar-refractivity contribution in [2.45, 2.75) is 97.2 Å². The molecule has 8 heteroatoms. The number of hydrogen-bond donors (Lipinski definition) is 2. The van der Waals surface area contributed by atoms with Crippen molar-refractivity contribution < 1.29 is 56.9 Å². The molecular formula is C24H41NaO6S. The molecular weight excluding hydrogens is 439 g/mol. The van der Waals surface area contributed by atoms with Gasteiger partial charge in [0.05, 0.1) is 18.8 Å². The Bertz CT molecular complexity index is 762. The van der Waals surface area contributed by atoms with E-state index in [1.807, 2.05) is 0 Å². The Kier molecular flexibility index (Phi) is 8.59. The van der Waals surface area contributed by atoms with Crippen LogP contribution >= 0.6 is 0 Å². The molecule has 180 valence electrons. The van der Waals surface area contributed by atoms with Gasteiger partial charge in [-0.15, -0.1) is 0 Å². The standard InChI is InChI=1S/C24H42O6S.Na/c1-15(5-4-12-30-31(27,28)29)18-6-7-19-22-20(9-11-24(18,19)3)23(2)10-8-17(25)13-16(23)14-21(22)26;/h15-22,25-26H,4-14H2,1-3H3,(H,27,28,29);/q;+1/p-1/t15-,16+,17+,18-,19+,20+,21-,22+,23+,24-;/m1./s1. The van der Waals surface area contributed by atoms with Crippen molar-refractivity contribution in [3.63, 3.8) is 0 Å². The summed E-state index contributed by atoms with van der Waals surface area (Å²) in [5, 5.41) is 21.5. The first-order valence-electron chi connectivity index (χ1n) is 12.4. The van der Waals surface area contributed by atoms with Crippen molar-refractivity contribution in [1.29, 1.82) is 0 Å². The second-order valence-electron chi connectivity index (χ2n) is 11.8. The zero-order valence-corrected chi connectivity index (χ0v) is 23.1. The average Bonchev–Trinajstić information content (AvgIpc) is 3.03. The molecule has 0 aromatic carbocycles. The molecule has 2 N–H and O–H groups in total. The Morgan fingerprint density at radius 2 is 1.69 bits per heavy atom. The van der Waals surface area contributed by atoms with Gasteiger partial charge >= 0.3 is 29.6 Å². The zero-order valence-electron chi connectivity index (χ0n) is 20.3. The third kappa shape index (κ3) is 5.02. The van der Waals surface area contributed by atoms with Gasteiger partial charge in [-0.25, -0.2) is 8.42 Å². The summed E-state index contributed by atoms with van der Waals surface area (Å²) < 4.78 is 36.4. The van der Waals surface area contributed by atoms with Crippen LogP contribution in [-0.4, -0.2) is 42.0 Å². The van der Waals surface area contributed by atoms with Crippen LogP contribution in [-0.2, 0) is 14.6 Å². The van der Waals surface area contributed by atoms with E-state index < -0.39 is 10.4 Å². The summed E-state index contributed by atoms with van der Waals surface area (Å²) in [5.41, 5.74) is 0.458. The van der Waals surface area contributed by atoms with E-state index in [1.165, 1.54) is 19.3 Å². The molecule has 4 fully saturated rings. The third-order valence-corrected chi connectivity index (χ3v) is 10.9. The topological polar surface area (TPSA) is 107 Å². The van der Waals surface area contributed by atoms with Gasteiger partial charge in [-0.2, -0.15) is 0 Å². The van der Waals surface area contributed by atoms with E-state index >= 15 is 0 Å². The third-order valence-electron chi connectivity index (χ3n) is 10.4. The summed E-state index contributed by atoms with van der Waals surface area (Å²) in [4.78, 5) is 0. The smallest absolute Gasteiger partial charge is 0.726 e. The van der Waals surface area contributed by atoms with Crippen LogP contribution in [0.25, 0.3) is 0 Å². The quantitative estimate of drug-likeness (QED) is 0.253. The molecule has 0 aromatic heterocycles. The van der Waals surface area contributed by atoms with Crippen molar-refractivity contribution in [1.82, 2.24) is 0 Å². The average molecular weight is 481 g/mol. The Hall–Kier alpha value is 0.790. The van der Waals surface area contributed by atoms with Crippen molar-refractivity contribution in [3.05, 3.63) is 0 Å². The fourth-order valence-corrected chi connectivity index (χ4v) is 9.26. The summed E-state index contributed by atoms with van der Waals surface area (Å²) in [6.07, 6.45) is 9.32. The van der Waals surface area contributed by atoms with Crippen molar-refractivity contribution in [2.24, 2.45) is 46.3 Å². The van der Waals surface area contributed by atoms with Crippen LogP contribution in [0.2, 0.25) is 0 Å². The summed E-state index contributed by atoms with van der Waals surface area (Å²) in [6, 6.07) is 0. The predicted octanol–water partition coefficient (Wildman–Crippen LogP) is 0.874. The van der Waals surface area contributed by atoms with E-state index in [0.717, 1.165) is 38.5 Å². The minimum absolute atomic E-state index is 0. The molecule has 4 aliphatic carbocycles. The van der Waals surface area contributed by atoms with E-state index in [2.05, 4.69) is 25.0 Å². The Labute approximate surface area is 216 Å². The minimum atomic E-state index is -4.60. The minimum Gasteiger partial charge on any atom is -0.726 e. The van der Waals surface area contributed by atoms with E-state index in [4.69, 9.17) is 0 Å². The molecule has 4 aliphatic rings. The molecule has 0 bridgehead atoms. The number of aliphatic hydroxyl groups excluding tert-OH is 2. The number of rotatable bonds is 6. The summed E-state index contributed by atoms with van der Waals surface area (Å²) in [7, 11) is -4.60. The van der Waals surface area contributed by atoms with Gasteiger partial charge in [-0.05, 0) is 111 Å². The van der Waals surface area contributed by atoms with E-state index in [9.17, 15) is 23.2 Å². The van der Waals surface area contributed by atoms with Gasteiger partial charge in [0.25, 0.3) is 0 Å². The molecule has 0 unspecified atom stereocenters. The van der Waals surface area contributed by atoms with Crippen LogP contribution in [0.5, 0.6) is 0 Å². The Balaban J connectivity index is 0.00000289. The molecule has 4 rings (SSSR count). The van der Waals surface area contributed by atoms with Gasteiger partial charge in [-0.1, -0.05) is 20.8 Å². The normalized spacial score (nSPS) is 47.0. The molecule has 0 saturated heterocycles. The molecule has 0 spiro atoms. The summed E-state index contributed by atoms with van der Waals surface area (Å²) in [5.74, 6) is 2.89. The fraction of sp³-hybridized carbons (Fsp3) is 1.00. The SMILES string of the molecule is C[C@H](CCCOS(=O)(=O)[O-])[C@H]1CC[C@H]2[C@@H]3[C@H](O)C[C@@H]4C[C@@H](O)CC[C@]4(C)[C@H]3CC[C@]12C.[Na+]. The molecule has 4 saturated carbocycles. The Morgan fingerprint density at radius 1 is 1.03 bits per heavy atom. The number of hydrogen-bond acceptors (Lipinski definition) is 6. The first-order chi connectivity index (χ1) is 14.5. The van der Waals surface area contributed by atoms with Gasteiger partial charge in [0, 0.05) is 0 Å². The molecule has 0 amide bonds. The summed E-state index contributed by atoms with van der Waals surface area (Å²) in [6.45, 7) is 7.10. The van der Waals surface area contributed by atoms with Gasteiger partial charge in [-0.3, -0.25) is 4.18 Å². The second kappa shape index (κ2) is 10.0. The van der Waals surface area contributed by atoms with Crippen molar-refractivity contribution >= 4 is 10.4 Å². The molecule has 0 aliphatic heterocycles. The summed E-state index contributed by atoms with van der Waals surface area (Å²) >= 11 is 0. The van der Waals surface area contributed by atoms with Gasteiger partial charge < -0.3 is 14.8 Å². The molecule has 0 heterocycles. The van der Waals surface area contributed by atoms with Gasteiger partial charge in [0.2, 0.25) is 10.4 Å². The fourth-order valence-electron chi connectivity index (χ4n) is 8.94. The van der Waals surface area contributed by atoms with Crippen molar-refractivity contribution in [3.8, 4) is 0 Å². The van der Waals surface area contributed by atoms with E-state index in [0.29, 0.717) is 41.9 Å². The Morgan fingerprint density at radius 3 is 2.38 bits per heavy atom. The van der Waals surface area contributed by atoms with Crippen LogP contribution in [0, 0.1) is 46.3 Å². The molecule has 0 radical (unpaired) electrons. The second-order valence-corrected chi connectivity index (χ2v) is 12.9. The van der Waals surface area contributed by atoms with Crippen LogP contribution < -0.4 is 29.6 Å². The van der Waals surface area contributed by atoms with Gasteiger partial charge in [0.15, 0.2) is 0 Å². The first kappa shape index (κ1) is 27.4. The molecule has 0 aromatic rings.